The number of aromatic nitrogens is 4. The first kappa shape index (κ1) is 14.4. The zero-order valence-electron chi connectivity index (χ0n) is 13.3. The minimum atomic E-state index is 0.371. The van der Waals surface area contributed by atoms with Gasteiger partial charge < -0.3 is 11.1 Å². The van der Waals surface area contributed by atoms with Crippen LogP contribution in [0.1, 0.15) is 23.7 Å². The van der Waals surface area contributed by atoms with E-state index in [2.05, 4.69) is 62.2 Å². The largest absolute Gasteiger partial charge is 0.383 e. The Labute approximate surface area is 138 Å². The highest BCUT2D eigenvalue weighted by Gasteiger charge is 2.18. The van der Waals surface area contributed by atoms with Crippen molar-refractivity contribution in [2.24, 2.45) is 4.99 Å². The highest BCUT2D eigenvalue weighted by molar-refractivity contribution is 6.01. The van der Waals surface area contributed by atoms with Crippen molar-refractivity contribution in [2.45, 2.75) is 19.8 Å². The molecule has 0 radical (unpaired) electrons. The molecule has 1 aromatic carbocycles. The quantitative estimate of drug-likeness (QED) is 0.687. The van der Waals surface area contributed by atoms with Crippen LogP contribution in [0.25, 0.3) is 16.7 Å². The fraction of sp³-hybridized carbons (Fsp3) is 0.176. The Hall–Kier alpha value is -3.22. The van der Waals surface area contributed by atoms with Crippen molar-refractivity contribution < 1.29 is 0 Å². The molecule has 3 heterocycles. The van der Waals surface area contributed by atoms with E-state index in [0.717, 1.165) is 24.4 Å². The molecule has 0 amide bonds. The monoisotopic (exact) mass is 319 g/mol. The molecule has 4 N–H and O–H groups in total. The van der Waals surface area contributed by atoms with Gasteiger partial charge in [-0.15, -0.1) is 0 Å². The van der Waals surface area contributed by atoms with Crippen molar-refractivity contribution in [1.82, 2.24) is 25.5 Å². The number of fused-ring (bicyclic) bond motifs is 2. The lowest BCUT2D eigenvalue weighted by atomic mass is 10.1. The highest BCUT2D eigenvalue weighted by Crippen LogP contribution is 2.29. The Morgan fingerprint density at radius 2 is 2.25 bits per heavy atom. The van der Waals surface area contributed by atoms with Crippen LogP contribution >= 0.6 is 0 Å². The van der Waals surface area contributed by atoms with Crippen molar-refractivity contribution in [2.75, 3.05) is 5.73 Å². The van der Waals surface area contributed by atoms with Crippen molar-refractivity contribution in [3.63, 3.8) is 0 Å². The Bertz CT molecular complexity index is 984. The van der Waals surface area contributed by atoms with Gasteiger partial charge in [0.05, 0.1) is 22.5 Å². The Kier molecular flexibility index (Phi) is 3.26. The zero-order chi connectivity index (χ0) is 16.7. The number of aromatic amines is 1. The fourth-order valence-corrected chi connectivity index (χ4v) is 2.85. The van der Waals surface area contributed by atoms with Crippen molar-refractivity contribution in [1.29, 1.82) is 0 Å². The highest BCUT2D eigenvalue weighted by atomic mass is 15.2. The van der Waals surface area contributed by atoms with E-state index in [9.17, 15) is 0 Å². The SMILES string of the molecule is C=C(NC1=Nc2cc(CC)ccc2C1)c1[nH]nc2ncnc(N)c12. The number of nitrogens with two attached hydrogens (primary N) is 1. The van der Waals surface area contributed by atoms with Crippen LogP contribution in [0.15, 0.2) is 36.1 Å². The van der Waals surface area contributed by atoms with E-state index >= 15 is 0 Å². The van der Waals surface area contributed by atoms with Crippen LogP contribution in [0.2, 0.25) is 0 Å². The Morgan fingerprint density at radius 1 is 1.38 bits per heavy atom. The molecule has 1 aliphatic heterocycles. The maximum atomic E-state index is 5.94. The molecule has 0 saturated heterocycles. The third-order valence-corrected chi connectivity index (χ3v) is 4.15. The fourth-order valence-electron chi connectivity index (χ4n) is 2.85. The second kappa shape index (κ2) is 5.45. The number of H-pyrrole nitrogens is 1. The predicted octanol–water partition coefficient (Wildman–Crippen LogP) is 2.34. The second-order valence-electron chi connectivity index (χ2n) is 5.71. The molecule has 0 fully saturated rings. The molecule has 0 saturated carbocycles. The number of nitrogens with zero attached hydrogens (tertiary/aromatic N) is 4. The maximum absolute atomic E-state index is 5.94. The minimum Gasteiger partial charge on any atom is -0.383 e. The molecule has 1 aliphatic rings. The first-order valence-electron chi connectivity index (χ1n) is 7.76. The summed E-state index contributed by atoms with van der Waals surface area (Å²) in [4.78, 5) is 12.8. The van der Waals surface area contributed by atoms with Gasteiger partial charge in [-0.1, -0.05) is 25.6 Å². The van der Waals surface area contributed by atoms with Gasteiger partial charge in [-0.05, 0) is 23.6 Å². The average molecular weight is 319 g/mol. The lowest BCUT2D eigenvalue weighted by molar-refractivity contribution is 1.06. The van der Waals surface area contributed by atoms with Gasteiger partial charge in [-0.25, -0.2) is 15.0 Å². The van der Waals surface area contributed by atoms with Gasteiger partial charge in [-0.3, -0.25) is 5.10 Å². The number of anilines is 1. The molecule has 0 atom stereocenters. The molecule has 0 bridgehead atoms. The topological polar surface area (TPSA) is 105 Å². The Balaban J connectivity index is 1.61. The molecule has 0 unspecified atom stereocenters. The summed E-state index contributed by atoms with van der Waals surface area (Å²) >= 11 is 0. The molecule has 0 aliphatic carbocycles. The predicted molar refractivity (Wildman–Crippen MR) is 94.9 cm³/mol. The van der Waals surface area contributed by atoms with Crippen molar-refractivity contribution in [3.05, 3.63) is 47.9 Å². The summed E-state index contributed by atoms with van der Waals surface area (Å²) in [6.07, 6.45) is 3.13. The van der Waals surface area contributed by atoms with Gasteiger partial charge in [0.15, 0.2) is 5.65 Å². The maximum Gasteiger partial charge on any atom is 0.186 e. The van der Waals surface area contributed by atoms with E-state index in [0.29, 0.717) is 28.2 Å². The molecule has 2 aromatic heterocycles. The first-order chi connectivity index (χ1) is 11.7. The van der Waals surface area contributed by atoms with Gasteiger partial charge in [-0.2, -0.15) is 5.10 Å². The molecule has 3 aromatic rings. The molecule has 7 heteroatoms. The van der Waals surface area contributed by atoms with Crippen molar-refractivity contribution >= 4 is 34.1 Å². The number of rotatable bonds is 3. The summed E-state index contributed by atoms with van der Waals surface area (Å²) in [5.41, 5.74) is 11.3. The summed E-state index contributed by atoms with van der Waals surface area (Å²) in [6.45, 7) is 6.21. The third kappa shape index (κ3) is 2.30. The molecule has 4 rings (SSSR count). The second-order valence-corrected chi connectivity index (χ2v) is 5.71. The van der Waals surface area contributed by atoms with E-state index in [-0.39, 0.29) is 0 Å². The van der Waals surface area contributed by atoms with Crippen LogP contribution in [-0.4, -0.2) is 26.0 Å². The van der Waals surface area contributed by atoms with Crippen LogP contribution in [0.4, 0.5) is 11.5 Å². The van der Waals surface area contributed by atoms with E-state index in [1.807, 2.05) is 0 Å². The number of nitrogen functional groups attached to an aromatic ring is 1. The molecular formula is C17H17N7. The first-order valence-corrected chi connectivity index (χ1v) is 7.76. The van der Waals surface area contributed by atoms with Gasteiger partial charge in [0, 0.05) is 6.42 Å². The lowest BCUT2D eigenvalue weighted by Gasteiger charge is -2.08. The Morgan fingerprint density at radius 3 is 3.08 bits per heavy atom. The molecule has 120 valence electrons. The van der Waals surface area contributed by atoms with Gasteiger partial charge in [0.2, 0.25) is 0 Å². The zero-order valence-corrected chi connectivity index (χ0v) is 13.3. The standard InChI is InChI=1S/C17H17N7/c1-3-10-4-5-11-7-13(22-12(11)6-10)21-9(2)15-14-16(18)19-8-20-17(14)24-23-15/h4-6,8H,2-3,7H2,1H3,(H,21,22)(H3,18,19,20,23,24). The van der Waals surface area contributed by atoms with Crippen LogP contribution in [0.3, 0.4) is 0 Å². The van der Waals surface area contributed by atoms with Crippen LogP contribution in [-0.2, 0) is 12.8 Å². The van der Waals surface area contributed by atoms with Crippen LogP contribution in [0.5, 0.6) is 0 Å². The average Bonchev–Trinajstić information content (AvgIpc) is 3.18. The van der Waals surface area contributed by atoms with Crippen LogP contribution < -0.4 is 11.1 Å². The number of nitrogens with one attached hydrogen (secondary N) is 2. The summed E-state index contributed by atoms with van der Waals surface area (Å²) < 4.78 is 0. The summed E-state index contributed by atoms with van der Waals surface area (Å²) in [5, 5.41) is 11.0. The number of aliphatic imine (C=N–C) groups is 1. The van der Waals surface area contributed by atoms with Crippen LogP contribution in [0, 0.1) is 0 Å². The summed E-state index contributed by atoms with van der Waals surface area (Å²) in [6, 6.07) is 6.41. The van der Waals surface area contributed by atoms with Gasteiger partial charge in [0.1, 0.15) is 18.0 Å². The number of hydrogen-bond donors (Lipinski definition) is 3. The number of benzene rings is 1. The van der Waals surface area contributed by atoms with E-state index in [4.69, 9.17) is 5.73 Å². The van der Waals surface area contributed by atoms with Crippen molar-refractivity contribution in [3.8, 4) is 0 Å². The van der Waals surface area contributed by atoms with E-state index in [1.165, 1.54) is 17.5 Å². The summed E-state index contributed by atoms with van der Waals surface area (Å²) in [7, 11) is 0. The van der Waals surface area contributed by atoms with E-state index in [1.54, 1.807) is 0 Å². The third-order valence-electron chi connectivity index (χ3n) is 4.15. The molecule has 0 spiro atoms. The number of aryl methyl sites for hydroxylation is 1. The smallest absolute Gasteiger partial charge is 0.186 e. The number of amidine groups is 1. The normalized spacial score (nSPS) is 13.0. The summed E-state index contributed by atoms with van der Waals surface area (Å²) in [5.74, 6) is 1.22. The lowest BCUT2D eigenvalue weighted by Crippen LogP contribution is -2.21. The van der Waals surface area contributed by atoms with Gasteiger partial charge in [0.25, 0.3) is 0 Å². The van der Waals surface area contributed by atoms with E-state index < -0.39 is 0 Å². The van der Waals surface area contributed by atoms with Gasteiger partial charge >= 0.3 is 0 Å². The number of hydrogen-bond acceptors (Lipinski definition) is 6. The molecule has 7 nitrogen and oxygen atoms in total. The molecular weight excluding hydrogens is 302 g/mol. The minimum absolute atomic E-state index is 0.371. The molecule has 24 heavy (non-hydrogen) atoms.